The first kappa shape index (κ1) is 16.1. The van der Waals surface area contributed by atoms with Crippen molar-refractivity contribution < 1.29 is 9.32 Å². The zero-order valence-corrected chi connectivity index (χ0v) is 13.6. The van der Waals surface area contributed by atoms with Gasteiger partial charge in [-0.15, -0.1) is 0 Å². The molecule has 0 atom stereocenters. The van der Waals surface area contributed by atoms with Crippen LogP contribution in [0.15, 0.2) is 65.2 Å². The van der Waals surface area contributed by atoms with Crippen LogP contribution < -0.4 is 10.6 Å². The Morgan fingerprint density at radius 3 is 2.58 bits per heavy atom. The average molecular weight is 342 g/mol. The van der Waals surface area contributed by atoms with Gasteiger partial charge in [0.1, 0.15) is 0 Å². The molecule has 0 saturated heterocycles. The summed E-state index contributed by atoms with van der Waals surface area (Å²) in [5.74, 6) is 0.977. The van der Waals surface area contributed by atoms with E-state index in [0.717, 1.165) is 17.5 Å². The van der Waals surface area contributed by atoms with Crippen molar-refractivity contribution in [2.75, 3.05) is 11.9 Å². The quantitative estimate of drug-likeness (QED) is 0.724. The van der Waals surface area contributed by atoms with Crippen LogP contribution >= 0.6 is 11.6 Å². The smallest absolute Gasteiger partial charge is 0.320 e. The molecule has 0 radical (unpaired) electrons. The number of urea groups is 1. The molecule has 2 aromatic carbocycles. The van der Waals surface area contributed by atoms with Crippen LogP contribution in [0.5, 0.6) is 0 Å². The number of carbonyl (C=O) groups is 1. The third kappa shape index (κ3) is 4.36. The van der Waals surface area contributed by atoms with E-state index in [4.69, 9.17) is 16.1 Å². The van der Waals surface area contributed by atoms with Crippen LogP contribution in [-0.4, -0.2) is 17.7 Å². The molecule has 6 heteroatoms. The highest BCUT2D eigenvalue weighted by atomic mass is 35.5. The molecule has 122 valence electrons. The molecule has 5 nitrogen and oxygen atoms in total. The Balaban J connectivity index is 1.48. The molecule has 0 aliphatic carbocycles. The number of benzene rings is 2. The Kier molecular flexibility index (Phi) is 5.13. The fourth-order valence-electron chi connectivity index (χ4n) is 2.20. The van der Waals surface area contributed by atoms with Gasteiger partial charge in [0.05, 0.1) is 0 Å². The number of amides is 2. The molecule has 0 bridgehead atoms. The number of anilines is 1. The highest BCUT2D eigenvalue weighted by Gasteiger charge is 2.09. The zero-order chi connectivity index (χ0) is 16.8. The second kappa shape index (κ2) is 7.66. The van der Waals surface area contributed by atoms with Gasteiger partial charge in [-0.05, 0) is 24.1 Å². The van der Waals surface area contributed by atoms with Gasteiger partial charge in [-0.3, -0.25) is 5.32 Å². The van der Waals surface area contributed by atoms with E-state index in [1.807, 2.05) is 54.6 Å². The highest BCUT2D eigenvalue weighted by molar-refractivity contribution is 6.30. The van der Waals surface area contributed by atoms with Crippen molar-refractivity contribution in [3.8, 4) is 11.3 Å². The minimum Gasteiger partial charge on any atom is -0.354 e. The summed E-state index contributed by atoms with van der Waals surface area (Å²) < 4.78 is 5.23. The van der Waals surface area contributed by atoms with E-state index in [1.165, 1.54) is 0 Å². The van der Waals surface area contributed by atoms with E-state index in [9.17, 15) is 4.79 Å². The van der Waals surface area contributed by atoms with Crippen LogP contribution in [-0.2, 0) is 6.42 Å². The number of nitrogens with one attached hydrogen (secondary N) is 2. The van der Waals surface area contributed by atoms with E-state index in [1.54, 1.807) is 6.07 Å². The Morgan fingerprint density at radius 1 is 1.08 bits per heavy atom. The minimum atomic E-state index is -0.322. The molecule has 0 spiro atoms. The summed E-state index contributed by atoms with van der Waals surface area (Å²) in [6.07, 6.45) is 0.721. The predicted molar refractivity (Wildman–Crippen MR) is 94.1 cm³/mol. The number of nitrogens with zero attached hydrogens (tertiary/aromatic N) is 1. The van der Waals surface area contributed by atoms with Gasteiger partial charge in [0.25, 0.3) is 0 Å². The van der Waals surface area contributed by atoms with Gasteiger partial charge >= 0.3 is 6.03 Å². The largest absolute Gasteiger partial charge is 0.354 e. The Labute approximate surface area is 144 Å². The topological polar surface area (TPSA) is 67.2 Å². The van der Waals surface area contributed by atoms with Crippen LogP contribution in [0.4, 0.5) is 10.6 Å². The summed E-state index contributed by atoms with van der Waals surface area (Å²) in [4.78, 5) is 11.9. The standard InChI is InChI=1S/C18H16ClN3O2/c19-15-8-6-13(7-9-15)10-11-20-18(23)21-17-12-16(24-22-17)14-4-2-1-3-5-14/h1-9,12H,10-11H2,(H2,20,21,22,23). The normalized spacial score (nSPS) is 10.4. The first-order chi connectivity index (χ1) is 11.7. The van der Waals surface area contributed by atoms with Crippen molar-refractivity contribution in [1.29, 1.82) is 0 Å². The van der Waals surface area contributed by atoms with Gasteiger partial charge in [0.2, 0.25) is 0 Å². The number of rotatable bonds is 5. The van der Waals surface area contributed by atoms with E-state index in [2.05, 4.69) is 15.8 Å². The Hall–Kier alpha value is -2.79. The van der Waals surface area contributed by atoms with Crippen molar-refractivity contribution in [1.82, 2.24) is 10.5 Å². The molecule has 0 saturated carbocycles. The van der Waals surface area contributed by atoms with Crippen LogP contribution in [0.2, 0.25) is 5.02 Å². The summed E-state index contributed by atoms with van der Waals surface area (Å²) in [6, 6.07) is 18.5. The van der Waals surface area contributed by atoms with Crippen molar-refractivity contribution >= 4 is 23.4 Å². The fourth-order valence-corrected chi connectivity index (χ4v) is 2.33. The van der Waals surface area contributed by atoms with Gasteiger partial charge in [-0.25, -0.2) is 4.79 Å². The summed E-state index contributed by atoms with van der Waals surface area (Å²) in [6.45, 7) is 0.511. The third-order valence-corrected chi connectivity index (χ3v) is 3.67. The molecular formula is C18H16ClN3O2. The van der Waals surface area contributed by atoms with Crippen LogP contribution in [0, 0.1) is 0 Å². The van der Waals surface area contributed by atoms with Gasteiger partial charge in [-0.2, -0.15) is 0 Å². The monoisotopic (exact) mass is 341 g/mol. The SMILES string of the molecule is O=C(NCCc1ccc(Cl)cc1)Nc1cc(-c2ccccc2)on1. The molecule has 0 aliphatic rings. The van der Waals surface area contributed by atoms with Gasteiger partial charge in [0.15, 0.2) is 11.6 Å². The van der Waals surface area contributed by atoms with Crippen molar-refractivity contribution in [3.63, 3.8) is 0 Å². The molecule has 1 heterocycles. The van der Waals surface area contributed by atoms with Crippen LogP contribution in [0.1, 0.15) is 5.56 Å². The molecule has 3 rings (SSSR count). The lowest BCUT2D eigenvalue weighted by atomic mass is 10.1. The number of carbonyl (C=O) groups excluding carboxylic acids is 1. The molecule has 0 unspecified atom stereocenters. The molecule has 2 amide bonds. The van der Waals surface area contributed by atoms with Gasteiger partial charge in [-0.1, -0.05) is 59.2 Å². The third-order valence-electron chi connectivity index (χ3n) is 3.42. The summed E-state index contributed by atoms with van der Waals surface area (Å²) >= 11 is 5.84. The summed E-state index contributed by atoms with van der Waals surface area (Å²) in [5.41, 5.74) is 2.01. The fraction of sp³-hybridized carbons (Fsp3) is 0.111. The maximum Gasteiger partial charge on any atom is 0.320 e. The molecule has 1 aromatic heterocycles. The van der Waals surface area contributed by atoms with E-state index < -0.39 is 0 Å². The summed E-state index contributed by atoms with van der Waals surface area (Å²) in [7, 11) is 0. The van der Waals surface area contributed by atoms with E-state index in [0.29, 0.717) is 23.1 Å². The van der Waals surface area contributed by atoms with Crippen LogP contribution in [0.25, 0.3) is 11.3 Å². The molecule has 0 fully saturated rings. The van der Waals surface area contributed by atoms with Crippen LogP contribution in [0.3, 0.4) is 0 Å². The molecule has 0 aliphatic heterocycles. The van der Waals surface area contributed by atoms with E-state index >= 15 is 0 Å². The number of aromatic nitrogens is 1. The number of hydrogen-bond acceptors (Lipinski definition) is 3. The first-order valence-corrected chi connectivity index (χ1v) is 7.90. The Morgan fingerprint density at radius 2 is 1.83 bits per heavy atom. The minimum absolute atomic E-state index is 0.322. The summed E-state index contributed by atoms with van der Waals surface area (Å²) in [5, 5.41) is 9.98. The molecule has 2 N–H and O–H groups in total. The number of halogens is 1. The molecule has 3 aromatic rings. The van der Waals surface area contributed by atoms with Gasteiger partial charge in [0, 0.05) is 23.2 Å². The van der Waals surface area contributed by atoms with Gasteiger partial charge < -0.3 is 9.84 Å². The van der Waals surface area contributed by atoms with E-state index in [-0.39, 0.29) is 6.03 Å². The van der Waals surface area contributed by atoms with Crippen molar-refractivity contribution in [2.24, 2.45) is 0 Å². The maximum atomic E-state index is 11.9. The lowest BCUT2D eigenvalue weighted by Gasteiger charge is -2.05. The second-order valence-corrected chi connectivity index (χ2v) is 5.64. The molecule has 24 heavy (non-hydrogen) atoms. The maximum absolute atomic E-state index is 11.9. The predicted octanol–water partition coefficient (Wildman–Crippen LogP) is 4.36. The zero-order valence-electron chi connectivity index (χ0n) is 12.8. The highest BCUT2D eigenvalue weighted by Crippen LogP contribution is 2.21. The molecular weight excluding hydrogens is 326 g/mol. The number of hydrogen-bond donors (Lipinski definition) is 2. The lowest BCUT2D eigenvalue weighted by molar-refractivity contribution is 0.252. The second-order valence-electron chi connectivity index (χ2n) is 5.20. The van der Waals surface area contributed by atoms with Crippen molar-refractivity contribution in [3.05, 3.63) is 71.2 Å². The Bertz CT molecular complexity index is 801. The average Bonchev–Trinajstić information content (AvgIpc) is 3.06. The lowest BCUT2D eigenvalue weighted by Crippen LogP contribution is -2.30. The van der Waals surface area contributed by atoms with Crippen molar-refractivity contribution in [2.45, 2.75) is 6.42 Å². The first-order valence-electron chi connectivity index (χ1n) is 7.52.